The summed E-state index contributed by atoms with van der Waals surface area (Å²) < 4.78 is 1.04. The topological polar surface area (TPSA) is 134 Å². The Bertz CT molecular complexity index is 883. The average molecular weight is 482 g/mol. The van der Waals surface area contributed by atoms with Crippen LogP contribution in [0.5, 0.6) is 5.75 Å². The smallest absolute Gasteiger partial charge is 0.270 e. The Morgan fingerprint density at radius 3 is 2.48 bits per heavy atom. The summed E-state index contributed by atoms with van der Waals surface area (Å²) in [6, 6.07) is 10.7. The van der Waals surface area contributed by atoms with E-state index >= 15 is 0 Å². The molecule has 2 aromatic carbocycles. The van der Waals surface area contributed by atoms with Crippen LogP contribution in [0.15, 0.2) is 47.6 Å². The highest BCUT2D eigenvalue weighted by Crippen LogP contribution is 2.21. The van der Waals surface area contributed by atoms with Crippen molar-refractivity contribution >= 4 is 52.0 Å². The monoisotopic (exact) mass is 482 g/mol. The molecular weight excluding hydrogens is 467 g/mol. The lowest BCUT2D eigenvalue weighted by Crippen LogP contribution is -2.20. The van der Waals surface area contributed by atoms with Crippen LogP contribution in [-0.4, -0.2) is 28.1 Å². The molecule has 0 radical (unpaired) electrons. The molecule has 0 fully saturated rings. The van der Waals surface area contributed by atoms with E-state index in [1.807, 2.05) is 12.1 Å². The van der Waals surface area contributed by atoms with Crippen LogP contribution in [0.4, 0.5) is 11.4 Å². The molecule has 0 heterocycles. The number of benzene rings is 2. The van der Waals surface area contributed by atoms with E-state index in [0.717, 1.165) is 28.0 Å². The molecule has 2 aromatic rings. The number of amides is 2. The third kappa shape index (κ3) is 6.66. The summed E-state index contributed by atoms with van der Waals surface area (Å²) >= 11 is 2.15. The number of rotatable bonds is 7. The standard InChI is InChI=1S/C17H15IN4O5/c18-12-1-3-13(4-2-12)20-16(24)7-8-17(25)21-19-10-11-9-14(22(26)27)5-6-15(11)23/h1-6,9-10,23H,7-8H2,(H,20,24)(H,21,25)/b19-10-. The van der Waals surface area contributed by atoms with Crippen molar-refractivity contribution in [2.24, 2.45) is 5.10 Å². The molecule has 2 rings (SSSR count). The highest BCUT2D eigenvalue weighted by molar-refractivity contribution is 14.1. The molecule has 0 saturated heterocycles. The summed E-state index contributed by atoms with van der Waals surface area (Å²) in [6.45, 7) is 0. The molecule has 3 N–H and O–H groups in total. The van der Waals surface area contributed by atoms with E-state index in [9.17, 15) is 24.8 Å². The van der Waals surface area contributed by atoms with Crippen molar-refractivity contribution in [2.75, 3.05) is 5.32 Å². The highest BCUT2D eigenvalue weighted by atomic mass is 127. The first-order valence-electron chi connectivity index (χ1n) is 7.70. The Morgan fingerprint density at radius 2 is 1.81 bits per heavy atom. The Balaban J connectivity index is 1.81. The van der Waals surface area contributed by atoms with Gasteiger partial charge in [0.2, 0.25) is 11.8 Å². The van der Waals surface area contributed by atoms with Gasteiger partial charge < -0.3 is 10.4 Å². The molecule has 0 aromatic heterocycles. The summed E-state index contributed by atoms with van der Waals surface area (Å²) in [6.07, 6.45) is 0.968. The third-order valence-electron chi connectivity index (χ3n) is 3.32. The number of carbonyl (C=O) groups is 2. The molecule has 0 aliphatic carbocycles. The van der Waals surface area contributed by atoms with Crippen molar-refractivity contribution in [3.8, 4) is 5.75 Å². The van der Waals surface area contributed by atoms with E-state index in [1.165, 1.54) is 0 Å². The fraction of sp³-hybridized carbons (Fsp3) is 0.118. The molecule has 27 heavy (non-hydrogen) atoms. The fourth-order valence-corrected chi connectivity index (χ4v) is 2.33. The molecule has 0 aliphatic rings. The first-order chi connectivity index (χ1) is 12.8. The second kappa shape index (κ2) is 9.62. The summed E-state index contributed by atoms with van der Waals surface area (Å²) in [5.41, 5.74) is 2.71. The Kier molecular flexibility index (Phi) is 7.23. The third-order valence-corrected chi connectivity index (χ3v) is 4.04. The van der Waals surface area contributed by atoms with Crippen molar-refractivity contribution in [1.82, 2.24) is 5.43 Å². The second-order valence-electron chi connectivity index (χ2n) is 5.35. The van der Waals surface area contributed by atoms with E-state index < -0.39 is 10.8 Å². The van der Waals surface area contributed by atoms with Crippen molar-refractivity contribution in [3.63, 3.8) is 0 Å². The number of anilines is 1. The number of carbonyl (C=O) groups excluding carboxylic acids is 2. The van der Waals surface area contributed by atoms with Gasteiger partial charge in [-0.1, -0.05) is 0 Å². The number of hydrogen-bond acceptors (Lipinski definition) is 6. The van der Waals surface area contributed by atoms with Gasteiger partial charge in [-0.25, -0.2) is 5.43 Å². The fourth-order valence-electron chi connectivity index (χ4n) is 1.97. The van der Waals surface area contributed by atoms with Gasteiger partial charge in [0.05, 0.1) is 11.1 Å². The number of nitrogens with one attached hydrogen (secondary N) is 2. The molecule has 0 saturated carbocycles. The number of nitrogens with zero attached hydrogens (tertiary/aromatic N) is 2. The van der Waals surface area contributed by atoms with Crippen LogP contribution in [0.1, 0.15) is 18.4 Å². The quantitative estimate of drug-likeness (QED) is 0.242. The predicted molar refractivity (Wildman–Crippen MR) is 108 cm³/mol. The van der Waals surface area contributed by atoms with Gasteiger partial charge in [0.15, 0.2) is 0 Å². The SMILES string of the molecule is O=C(CCC(=O)Nc1ccc(I)cc1)N/N=C\c1cc([N+](=O)[O-])ccc1O. The number of nitro benzene ring substituents is 1. The lowest BCUT2D eigenvalue weighted by atomic mass is 10.2. The largest absolute Gasteiger partial charge is 0.507 e. The molecule has 140 valence electrons. The minimum Gasteiger partial charge on any atom is -0.507 e. The lowest BCUT2D eigenvalue weighted by Gasteiger charge is -2.05. The van der Waals surface area contributed by atoms with Crippen LogP contribution in [0.3, 0.4) is 0 Å². The zero-order valence-corrected chi connectivity index (χ0v) is 16.0. The van der Waals surface area contributed by atoms with Gasteiger partial charge in [0.25, 0.3) is 5.69 Å². The number of hydrogen-bond donors (Lipinski definition) is 3. The van der Waals surface area contributed by atoms with E-state index in [0.29, 0.717) is 5.69 Å². The van der Waals surface area contributed by atoms with E-state index in [1.54, 1.807) is 12.1 Å². The molecule has 0 bridgehead atoms. The highest BCUT2D eigenvalue weighted by Gasteiger charge is 2.09. The van der Waals surface area contributed by atoms with Gasteiger partial charge in [-0.3, -0.25) is 19.7 Å². The molecule has 0 unspecified atom stereocenters. The van der Waals surface area contributed by atoms with E-state index in [-0.39, 0.29) is 35.7 Å². The summed E-state index contributed by atoms with van der Waals surface area (Å²) in [4.78, 5) is 33.6. The predicted octanol–water partition coefficient (Wildman–Crippen LogP) is 2.77. The molecule has 0 aliphatic heterocycles. The molecule has 2 amide bonds. The normalized spacial score (nSPS) is 10.6. The van der Waals surface area contributed by atoms with E-state index in [2.05, 4.69) is 38.4 Å². The van der Waals surface area contributed by atoms with Gasteiger partial charge >= 0.3 is 0 Å². The van der Waals surface area contributed by atoms with Gasteiger partial charge in [0, 0.05) is 39.8 Å². The van der Waals surface area contributed by atoms with Crippen molar-refractivity contribution < 1.29 is 19.6 Å². The maximum absolute atomic E-state index is 11.8. The van der Waals surface area contributed by atoms with Gasteiger partial charge in [0.1, 0.15) is 5.75 Å². The minimum absolute atomic E-state index is 0.0323. The molecule has 9 nitrogen and oxygen atoms in total. The Hall–Kier alpha value is -3.02. The number of phenols is 1. The first-order valence-corrected chi connectivity index (χ1v) is 8.78. The maximum atomic E-state index is 11.8. The number of non-ortho nitro benzene ring substituents is 1. The number of halogens is 1. The van der Waals surface area contributed by atoms with Gasteiger partial charge in [-0.15, -0.1) is 0 Å². The van der Waals surface area contributed by atoms with E-state index in [4.69, 9.17) is 0 Å². The minimum atomic E-state index is -0.610. The second-order valence-corrected chi connectivity index (χ2v) is 6.59. The maximum Gasteiger partial charge on any atom is 0.270 e. The van der Waals surface area contributed by atoms with Crippen LogP contribution in [-0.2, 0) is 9.59 Å². The Labute approximate surface area is 167 Å². The molecular formula is C17H15IN4O5. The summed E-state index contributed by atoms with van der Waals surface area (Å²) in [5, 5.41) is 26.7. The molecule has 10 heteroatoms. The number of phenolic OH excluding ortho intramolecular Hbond substituents is 1. The number of aromatic hydroxyl groups is 1. The zero-order chi connectivity index (χ0) is 19.8. The van der Waals surface area contributed by atoms with Gasteiger partial charge in [-0.2, -0.15) is 5.10 Å². The van der Waals surface area contributed by atoms with Crippen LogP contribution in [0.2, 0.25) is 0 Å². The Morgan fingerprint density at radius 1 is 1.15 bits per heavy atom. The first kappa shape index (κ1) is 20.3. The summed E-state index contributed by atoms with van der Waals surface area (Å²) in [7, 11) is 0. The average Bonchev–Trinajstić information content (AvgIpc) is 2.63. The van der Waals surface area contributed by atoms with Crippen molar-refractivity contribution in [2.45, 2.75) is 12.8 Å². The summed E-state index contributed by atoms with van der Waals surface area (Å²) in [5.74, 6) is -1.03. The van der Waals surface area contributed by atoms with Crippen LogP contribution in [0, 0.1) is 13.7 Å². The molecule has 0 spiro atoms. The van der Waals surface area contributed by atoms with Crippen molar-refractivity contribution in [3.05, 3.63) is 61.7 Å². The zero-order valence-electron chi connectivity index (χ0n) is 13.9. The number of hydrazone groups is 1. The van der Waals surface area contributed by atoms with Gasteiger partial charge in [-0.05, 0) is 52.9 Å². The van der Waals surface area contributed by atoms with Crippen LogP contribution < -0.4 is 10.7 Å². The van der Waals surface area contributed by atoms with Crippen LogP contribution in [0.25, 0.3) is 0 Å². The van der Waals surface area contributed by atoms with Crippen LogP contribution >= 0.6 is 22.6 Å². The molecule has 0 atom stereocenters. The number of nitro groups is 1. The lowest BCUT2D eigenvalue weighted by molar-refractivity contribution is -0.384. The van der Waals surface area contributed by atoms with Crippen molar-refractivity contribution in [1.29, 1.82) is 0 Å².